The lowest BCUT2D eigenvalue weighted by Crippen LogP contribution is -2.13. The van der Waals surface area contributed by atoms with Crippen LogP contribution in [0.1, 0.15) is 0 Å². The summed E-state index contributed by atoms with van der Waals surface area (Å²) in [5, 5.41) is 0. The molecule has 1 heterocycles. The third kappa shape index (κ3) is 2.23. The van der Waals surface area contributed by atoms with E-state index in [-0.39, 0.29) is 17.4 Å². The number of hydrogen-bond donors (Lipinski definition) is 1. The predicted molar refractivity (Wildman–Crippen MR) is 56.9 cm³/mol. The Balaban J connectivity index is 2.31. The summed E-state index contributed by atoms with van der Waals surface area (Å²) in [6, 6.07) is 7.46. The van der Waals surface area contributed by atoms with Gasteiger partial charge in [-0.15, -0.1) is 0 Å². The van der Waals surface area contributed by atoms with Crippen molar-refractivity contribution in [1.82, 2.24) is 0 Å². The van der Waals surface area contributed by atoms with Gasteiger partial charge in [0.25, 0.3) is 0 Å². The molecule has 0 unspecified atom stereocenters. The number of hydrogen-bond acceptors (Lipinski definition) is 6. The van der Waals surface area contributed by atoms with E-state index in [0.717, 1.165) is 0 Å². The van der Waals surface area contributed by atoms with Gasteiger partial charge in [0, 0.05) is 0 Å². The summed E-state index contributed by atoms with van der Waals surface area (Å²) in [6.45, 7) is -0.300. The standard InChI is InChI=1S/C10H9NO5S/c11-10-9(8(12)6-15-10)16-17(13,14)7-4-2-1-3-5-7/h1-5H,6,11H2. The average Bonchev–Trinajstić information content (AvgIpc) is 2.62. The summed E-state index contributed by atoms with van der Waals surface area (Å²) in [7, 11) is -4.05. The Bertz CT molecular complexity index is 576. The van der Waals surface area contributed by atoms with Crippen molar-refractivity contribution >= 4 is 15.9 Å². The second kappa shape index (κ2) is 4.10. The second-order valence-electron chi connectivity index (χ2n) is 3.26. The van der Waals surface area contributed by atoms with Crippen LogP contribution in [0.5, 0.6) is 0 Å². The van der Waals surface area contributed by atoms with Gasteiger partial charge in [-0.05, 0) is 12.1 Å². The van der Waals surface area contributed by atoms with E-state index >= 15 is 0 Å². The summed E-state index contributed by atoms with van der Waals surface area (Å²) in [5.74, 6) is -1.37. The number of ketones is 1. The highest BCUT2D eigenvalue weighted by atomic mass is 32.2. The SMILES string of the molecule is NC1=C(OS(=O)(=O)c2ccccc2)C(=O)CO1. The second-order valence-corrected chi connectivity index (χ2v) is 4.80. The fourth-order valence-electron chi connectivity index (χ4n) is 1.24. The zero-order valence-electron chi connectivity index (χ0n) is 8.62. The molecule has 1 aliphatic heterocycles. The number of Topliss-reactive ketones (excluding diaryl/α,β-unsaturated/α-hetero) is 1. The van der Waals surface area contributed by atoms with Gasteiger partial charge in [-0.1, -0.05) is 18.2 Å². The van der Waals surface area contributed by atoms with Crippen LogP contribution < -0.4 is 5.73 Å². The maximum absolute atomic E-state index is 11.8. The first-order chi connectivity index (χ1) is 8.00. The van der Waals surface area contributed by atoms with E-state index in [2.05, 4.69) is 8.92 Å². The van der Waals surface area contributed by atoms with Gasteiger partial charge in [0.1, 0.15) is 4.90 Å². The lowest BCUT2D eigenvalue weighted by Gasteiger charge is -2.05. The molecule has 0 aromatic heterocycles. The fourth-order valence-corrected chi connectivity index (χ4v) is 2.23. The first kappa shape index (κ1) is 11.5. The molecule has 0 bridgehead atoms. The van der Waals surface area contributed by atoms with Crippen molar-refractivity contribution in [3.8, 4) is 0 Å². The molecular formula is C10H9NO5S. The van der Waals surface area contributed by atoms with Crippen molar-refractivity contribution in [3.05, 3.63) is 42.0 Å². The van der Waals surface area contributed by atoms with E-state index in [4.69, 9.17) is 5.73 Å². The zero-order valence-corrected chi connectivity index (χ0v) is 9.44. The van der Waals surface area contributed by atoms with Gasteiger partial charge in [-0.2, -0.15) is 8.42 Å². The quantitative estimate of drug-likeness (QED) is 0.771. The molecule has 2 rings (SSSR count). The monoisotopic (exact) mass is 255 g/mol. The maximum Gasteiger partial charge on any atom is 0.339 e. The number of carbonyl (C=O) groups is 1. The number of rotatable bonds is 3. The number of ether oxygens (including phenoxy) is 1. The van der Waals surface area contributed by atoms with Crippen LogP contribution in [0.4, 0.5) is 0 Å². The molecule has 0 fully saturated rings. The highest BCUT2D eigenvalue weighted by molar-refractivity contribution is 7.86. The molecule has 1 aromatic rings. The van der Waals surface area contributed by atoms with Gasteiger partial charge in [0.2, 0.25) is 17.4 Å². The van der Waals surface area contributed by atoms with Crippen LogP contribution in [0, 0.1) is 0 Å². The summed E-state index contributed by atoms with van der Waals surface area (Å²) < 4.78 is 32.9. The van der Waals surface area contributed by atoms with Crippen molar-refractivity contribution in [2.75, 3.05) is 6.61 Å². The Morgan fingerprint density at radius 2 is 1.88 bits per heavy atom. The van der Waals surface area contributed by atoms with Crippen molar-refractivity contribution in [2.24, 2.45) is 5.73 Å². The van der Waals surface area contributed by atoms with Gasteiger partial charge in [-0.3, -0.25) is 4.79 Å². The van der Waals surface area contributed by atoms with E-state index in [1.54, 1.807) is 18.2 Å². The molecule has 1 aliphatic rings. The van der Waals surface area contributed by atoms with Crippen molar-refractivity contribution in [1.29, 1.82) is 0 Å². The zero-order chi connectivity index (χ0) is 12.5. The van der Waals surface area contributed by atoms with Gasteiger partial charge >= 0.3 is 10.1 Å². The molecule has 17 heavy (non-hydrogen) atoms. The van der Waals surface area contributed by atoms with Crippen LogP contribution >= 0.6 is 0 Å². The molecule has 1 aromatic carbocycles. The first-order valence-electron chi connectivity index (χ1n) is 4.66. The summed E-state index contributed by atoms with van der Waals surface area (Å²) in [5.41, 5.74) is 5.30. The number of nitrogens with two attached hydrogens (primary N) is 1. The molecule has 90 valence electrons. The average molecular weight is 255 g/mol. The van der Waals surface area contributed by atoms with Crippen molar-refractivity contribution < 1.29 is 22.1 Å². The third-order valence-corrected chi connectivity index (χ3v) is 3.30. The molecule has 2 N–H and O–H groups in total. The Hall–Kier alpha value is -2.02. The van der Waals surface area contributed by atoms with E-state index < -0.39 is 21.7 Å². The Labute approximate surface area is 97.8 Å². The number of benzene rings is 1. The minimum atomic E-state index is -4.05. The summed E-state index contributed by atoms with van der Waals surface area (Å²) in [6.07, 6.45) is 0. The van der Waals surface area contributed by atoms with E-state index in [1.165, 1.54) is 12.1 Å². The van der Waals surface area contributed by atoms with Gasteiger partial charge in [0.15, 0.2) is 6.61 Å². The van der Waals surface area contributed by atoms with Crippen LogP contribution in [0.15, 0.2) is 46.9 Å². The maximum atomic E-state index is 11.8. The van der Waals surface area contributed by atoms with Gasteiger partial charge in [-0.25, -0.2) is 0 Å². The largest absolute Gasteiger partial charge is 0.468 e. The molecule has 0 radical (unpaired) electrons. The molecule has 7 heteroatoms. The minimum absolute atomic E-state index is 0.0556. The highest BCUT2D eigenvalue weighted by Gasteiger charge is 2.30. The minimum Gasteiger partial charge on any atom is -0.468 e. The van der Waals surface area contributed by atoms with Crippen LogP contribution in [-0.4, -0.2) is 20.8 Å². The van der Waals surface area contributed by atoms with Crippen LogP contribution in [0.3, 0.4) is 0 Å². The topological polar surface area (TPSA) is 95.7 Å². The summed E-state index contributed by atoms with van der Waals surface area (Å²) in [4.78, 5) is 11.2. The van der Waals surface area contributed by atoms with E-state index in [9.17, 15) is 13.2 Å². The van der Waals surface area contributed by atoms with E-state index in [1.807, 2.05) is 0 Å². The molecule has 6 nitrogen and oxygen atoms in total. The fraction of sp³-hybridized carbons (Fsp3) is 0.100. The molecular weight excluding hydrogens is 246 g/mol. The Morgan fingerprint density at radius 3 is 2.41 bits per heavy atom. The van der Waals surface area contributed by atoms with E-state index in [0.29, 0.717) is 0 Å². The molecule has 0 aliphatic carbocycles. The Kier molecular flexibility index (Phi) is 2.76. The molecule has 0 spiro atoms. The van der Waals surface area contributed by atoms with Gasteiger partial charge in [0.05, 0.1) is 0 Å². The first-order valence-corrected chi connectivity index (χ1v) is 6.07. The Morgan fingerprint density at radius 1 is 1.24 bits per heavy atom. The van der Waals surface area contributed by atoms with Crippen LogP contribution in [0.25, 0.3) is 0 Å². The summed E-state index contributed by atoms with van der Waals surface area (Å²) >= 11 is 0. The third-order valence-electron chi connectivity index (χ3n) is 2.06. The molecule has 0 saturated carbocycles. The highest BCUT2D eigenvalue weighted by Crippen LogP contribution is 2.20. The lowest BCUT2D eigenvalue weighted by atomic mass is 10.4. The smallest absolute Gasteiger partial charge is 0.339 e. The predicted octanol–water partition coefficient (Wildman–Crippen LogP) is 0.119. The number of carbonyl (C=O) groups excluding carboxylic acids is 1. The molecule has 0 amide bonds. The molecule has 0 atom stereocenters. The van der Waals surface area contributed by atoms with Crippen LogP contribution in [-0.2, 0) is 23.8 Å². The van der Waals surface area contributed by atoms with Crippen LogP contribution in [0.2, 0.25) is 0 Å². The van der Waals surface area contributed by atoms with Crippen molar-refractivity contribution in [2.45, 2.75) is 4.90 Å². The van der Waals surface area contributed by atoms with Crippen molar-refractivity contribution in [3.63, 3.8) is 0 Å². The van der Waals surface area contributed by atoms with Gasteiger partial charge < -0.3 is 14.7 Å². The lowest BCUT2D eigenvalue weighted by molar-refractivity contribution is -0.118. The molecule has 0 saturated heterocycles. The normalized spacial score (nSPS) is 15.9.